The zero-order valence-electron chi connectivity index (χ0n) is 15.5. The normalized spacial score (nSPS) is 26.0. The third-order valence-corrected chi connectivity index (χ3v) is 5.77. The van der Waals surface area contributed by atoms with Crippen molar-refractivity contribution in [3.05, 3.63) is 46.8 Å². The summed E-state index contributed by atoms with van der Waals surface area (Å²) in [5.41, 5.74) is 13.3. The van der Waals surface area contributed by atoms with Crippen LogP contribution in [0, 0.1) is 13.8 Å². The largest absolute Gasteiger partial charge is 0.308 e. The highest BCUT2D eigenvalue weighted by Crippen LogP contribution is 2.32. The molecule has 25 heavy (non-hydrogen) atoms. The Balaban J connectivity index is 1.55. The van der Waals surface area contributed by atoms with Crippen LogP contribution in [0.1, 0.15) is 54.6 Å². The van der Waals surface area contributed by atoms with Crippen LogP contribution in [0.3, 0.4) is 0 Å². The zero-order valence-corrected chi connectivity index (χ0v) is 15.5. The molecule has 1 aromatic carbocycles. The van der Waals surface area contributed by atoms with Crippen molar-refractivity contribution in [1.82, 2.24) is 25.9 Å². The lowest BCUT2D eigenvalue weighted by Crippen LogP contribution is -2.40. The molecule has 3 N–H and O–H groups in total. The molecule has 0 bridgehead atoms. The van der Waals surface area contributed by atoms with Crippen LogP contribution in [0.15, 0.2) is 24.4 Å². The molecule has 5 heteroatoms. The van der Waals surface area contributed by atoms with Crippen molar-refractivity contribution in [2.75, 3.05) is 6.54 Å². The number of hydrogen-bond donors (Lipinski definition) is 3. The third kappa shape index (κ3) is 3.24. The molecule has 0 amide bonds. The van der Waals surface area contributed by atoms with Gasteiger partial charge in [0.05, 0.1) is 11.9 Å². The Morgan fingerprint density at radius 2 is 2.16 bits per heavy atom. The van der Waals surface area contributed by atoms with Crippen molar-refractivity contribution in [3.8, 4) is 5.69 Å². The van der Waals surface area contributed by atoms with Gasteiger partial charge in [-0.15, -0.1) is 0 Å². The van der Waals surface area contributed by atoms with E-state index < -0.39 is 0 Å². The number of benzene rings is 1. The average Bonchev–Trinajstić information content (AvgIpc) is 3.22. The first-order valence-corrected chi connectivity index (χ1v) is 9.51. The van der Waals surface area contributed by atoms with Crippen LogP contribution < -0.4 is 16.2 Å². The lowest BCUT2D eigenvalue weighted by molar-refractivity contribution is 0.417. The molecule has 4 rings (SSSR count). The fraction of sp³-hybridized carbons (Fsp3) is 0.550. The molecule has 0 saturated carbocycles. The Hall–Kier alpha value is -1.69. The summed E-state index contributed by atoms with van der Waals surface area (Å²) < 4.78 is 2.17. The number of fused-ring (bicyclic) bond motifs is 1. The molecule has 134 valence electrons. The minimum absolute atomic E-state index is 0.417. The minimum atomic E-state index is 0.417. The van der Waals surface area contributed by atoms with Crippen LogP contribution in [-0.2, 0) is 6.42 Å². The number of nitrogens with one attached hydrogen (secondary N) is 3. The Morgan fingerprint density at radius 3 is 2.96 bits per heavy atom. The summed E-state index contributed by atoms with van der Waals surface area (Å²) in [5.74, 6) is 0. The maximum atomic E-state index is 4.76. The van der Waals surface area contributed by atoms with Gasteiger partial charge in [-0.25, -0.2) is 4.68 Å². The van der Waals surface area contributed by atoms with Gasteiger partial charge in [-0.05, 0) is 63.6 Å². The van der Waals surface area contributed by atoms with E-state index in [9.17, 15) is 0 Å². The molecule has 5 nitrogen and oxygen atoms in total. The molecule has 1 aliphatic heterocycles. The molecule has 1 saturated heterocycles. The van der Waals surface area contributed by atoms with Crippen molar-refractivity contribution < 1.29 is 0 Å². The topological polar surface area (TPSA) is 53.9 Å². The van der Waals surface area contributed by atoms with Crippen molar-refractivity contribution in [2.24, 2.45) is 0 Å². The predicted molar refractivity (Wildman–Crippen MR) is 101 cm³/mol. The van der Waals surface area contributed by atoms with Crippen LogP contribution in [0.2, 0.25) is 0 Å². The fourth-order valence-electron chi connectivity index (χ4n) is 4.17. The Labute approximate surface area is 150 Å². The Kier molecular flexibility index (Phi) is 4.63. The maximum Gasteiger partial charge on any atom is 0.0680 e. The van der Waals surface area contributed by atoms with Crippen LogP contribution in [0.4, 0.5) is 0 Å². The number of hydrazine groups is 1. The number of nitrogens with zero attached hydrogens (tertiary/aromatic N) is 2. The standard InChI is InChI=1S/C20H29N5/c1-13-6-4-8-19(15(13)3)25-20-9-5-7-18(17(20)12-22-25)21-11-16-10-14(2)23-24-16/h4,6,8,12,14,16,18,21,23-24H,5,7,9-11H2,1-3H3. The van der Waals surface area contributed by atoms with E-state index in [1.807, 2.05) is 0 Å². The van der Waals surface area contributed by atoms with E-state index in [0.717, 1.165) is 13.0 Å². The molecule has 1 aliphatic carbocycles. The lowest BCUT2D eigenvalue weighted by Gasteiger charge is -2.26. The van der Waals surface area contributed by atoms with Gasteiger partial charge >= 0.3 is 0 Å². The number of rotatable bonds is 4. The molecule has 0 spiro atoms. The molecule has 2 aromatic rings. The van der Waals surface area contributed by atoms with Crippen LogP contribution in [-0.4, -0.2) is 28.4 Å². The quantitative estimate of drug-likeness (QED) is 0.802. The molecule has 1 fully saturated rings. The second-order valence-corrected chi connectivity index (χ2v) is 7.65. The number of hydrogen-bond acceptors (Lipinski definition) is 4. The maximum absolute atomic E-state index is 4.76. The minimum Gasteiger partial charge on any atom is -0.308 e. The SMILES string of the molecule is Cc1cccc(-n2ncc3c2CCCC3NCC2CC(C)NN2)c1C. The molecule has 2 heterocycles. The van der Waals surface area contributed by atoms with Gasteiger partial charge in [0.15, 0.2) is 0 Å². The Bertz CT molecular complexity index is 751. The second-order valence-electron chi connectivity index (χ2n) is 7.65. The fourth-order valence-corrected chi connectivity index (χ4v) is 4.17. The van der Waals surface area contributed by atoms with Crippen molar-refractivity contribution >= 4 is 0 Å². The highest BCUT2D eigenvalue weighted by atomic mass is 15.4. The van der Waals surface area contributed by atoms with Crippen LogP contribution in [0.25, 0.3) is 5.69 Å². The van der Waals surface area contributed by atoms with E-state index in [1.54, 1.807) is 0 Å². The molecule has 2 aliphatic rings. The number of aromatic nitrogens is 2. The number of aryl methyl sites for hydroxylation is 1. The lowest BCUT2D eigenvalue weighted by atomic mass is 9.92. The highest BCUT2D eigenvalue weighted by molar-refractivity contribution is 5.46. The van der Waals surface area contributed by atoms with Crippen LogP contribution >= 0.6 is 0 Å². The summed E-state index contributed by atoms with van der Waals surface area (Å²) in [5, 5.41) is 8.54. The second kappa shape index (κ2) is 6.90. The first-order chi connectivity index (χ1) is 12.1. The predicted octanol–water partition coefficient (Wildman–Crippen LogP) is 2.71. The smallest absolute Gasteiger partial charge is 0.0680 e. The van der Waals surface area contributed by atoms with Crippen molar-refractivity contribution in [2.45, 2.75) is 64.6 Å². The third-order valence-electron chi connectivity index (χ3n) is 5.77. The van der Waals surface area contributed by atoms with E-state index in [0.29, 0.717) is 18.1 Å². The molecular weight excluding hydrogens is 310 g/mol. The molecular formula is C20H29N5. The van der Waals surface area contributed by atoms with Gasteiger partial charge in [0.25, 0.3) is 0 Å². The average molecular weight is 339 g/mol. The first kappa shape index (κ1) is 16.8. The molecule has 3 unspecified atom stereocenters. The van der Waals surface area contributed by atoms with Gasteiger partial charge in [0.2, 0.25) is 0 Å². The van der Waals surface area contributed by atoms with Gasteiger partial charge in [0, 0.05) is 35.9 Å². The van der Waals surface area contributed by atoms with Gasteiger partial charge in [0.1, 0.15) is 0 Å². The monoisotopic (exact) mass is 339 g/mol. The van der Waals surface area contributed by atoms with Crippen LogP contribution in [0.5, 0.6) is 0 Å². The summed E-state index contributed by atoms with van der Waals surface area (Å²) >= 11 is 0. The van der Waals surface area contributed by atoms with Gasteiger partial charge in [-0.3, -0.25) is 10.9 Å². The summed E-state index contributed by atoms with van der Waals surface area (Å²) in [7, 11) is 0. The van der Waals surface area contributed by atoms with Crippen molar-refractivity contribution in [1.29, 1.82) is 0 Å². The Morgan fingerprint density at radius 1 is 1.28 bits per heavy atom. The zero-order chi connectivity index (χ0) is 17.4. The van der Waals surface area contributed by atoms with Gasteiger partial charge < -0.3 is 5.32 Å². The summed E-state index contributed by atoms with van der Waals surface area (Å²) in [4.78, 5) is 0. The molecule has 0 radical (unpaired) electrons. The summed E-state index contributed by atoms with van der Waals surface area (Å²) in [6, 6.07) is 7.96. The first-order valence-electron chi connectivity index (χ1n) is 9.51. The van der Waals surface area contributed by atoms with Gasteiger partial charge in [-0.2, -0.15) is 5.10 Å². The van der Waals surface area contributed by atoms with Crippen molar-refractivity contribution in [3.63, 3.8) is 0 Å². The van der Waals surface area contributed by atoms with E-state index >= 15 is 0 Å². The molecule has 3 atom stereocenters. The summed E-state index contributed by atoms with van der Waals surface area (Å²) in [6.07, 6.45) is 6.78. The molecule has 1 aromatic heterocycles. The summed E-state index contributed by atoms with van der Waals surface area (Å²) in [6.45, 7) is 7.58. The van der Waals surface area contributed by atoms with Gasteiger partial charge in [-0.1, -0.05) is 12.1 Å². The van der Waals surface area contributed by atoms with E-state index in [2.05, 4.69) is 66.0 Å². The van der Waals surface area contributed by atoms with E-state index in [4.69, 9.17) is 5.10 Å². The highest BCUT2D eigenvalue weighted by Gasteiger charge is 2.27. The van der Waals surface area contributed by atoms with E-state index in [-0.39, 0.29) is 0 Å². The van der Waals surface area contributed by atoms with E-state index in [1.165, 1.54) is 47.3 Å².